The third kappa shape index (κ3) is 1.22. The summed E-state index contributed by atoms with van der Waals surface area (Å²) >= 11 is 0. The summed E-state index contributed by atoms with van der Waals surface area (Å²) in [5, 5.41) is 8.45. The predicted octanol–water partition coefficient (Wildman–Crippen LogP) is -0.267. The van der Waals surface area contributed by atoms with Crippen molar-refractivity contribution in [1.29, 1.82) is 0 Å². The molecule has 1 rings (SSSR count). The summed E-state index contributed by atoms with van der Waals surface area (Å²) < 4.78 is 0. The zero-order chi connectivity index (χ0) is 9.14. The molecule has 12 heavy (non-hydrogen) atoms. The van der Waals surface area contributed by atoms with E-state index in [1.807, 2.05) is 0 Å². The highest BCUT2D eigenvalue weighted by Crippen LogP contribution is 2.01. The van der Waals surface area contributed by atoms with Crippen molar-refractivity contribution < 1.29 is 19.5 Å². The summed E-state index contributed by atoms with van der Waals surface area (Å²) in [6.07, 6.45) is 0.628. The van der Waals surface area contributed by atoms with Gasteiger partial charge in [0.05, 0.1) is 0 Å². The summed E-state index contributed by atoms with van der Waals surface area (Å²) in [5.41, 5.74) is -0.642. The van der Waals surface area contributed by atoms with Crippen LogP contribution in [0.4, 0.5) is 0 Å². The van der Waals surface area contributed by atoms with Crippen LogP contribution in [0.5, 0.6) is 0 Å². The summed E-state index contributed by atoms with van der Waals surface area (Å²) in [6, 6.07) is 0. The van der Waals surface area contributed by atoms with Gasteiger partial charge in [0.1, 0.15) is 5.69 Å². The molecule has 0 aliphatic rings. The Morgan fingerprint density at radius 2 is 2.08 bits per heavy atom. The molecule has 1 heterocycles. The van der Waals surface area contributed by atoms with Crippen molar-refractivity contribution in [2.24, 2.45) is 0 Å². The standard InChI is InChI=1S/C6H4N2O4/c9-1-3-5(6(11)12)8-4(2-10)7-3/h1-2H,(H,7,8)(H,11,12). The quantitative estimate of drug-likeness (QED) is 0.605. The van der Waals surface area contributed by atoms with E-state index in [-0.39, 0.29) is 11.5 Å². The second kappa shape index (κ2) is 2.95. The highest BCUT2D eigenvalue weighted by Gasteiger charge is 2.15. The molecule has 0 radical (unpaired) electrons. The molecule has 0 saturated heterocycles. The number of nitrogens with one attached hydrogen (secondary N) is 1. The molecule has 0 aliphatic carbocycles. The zero-order valence-electron chi connectivity index (χ0n) is 5.77. The highest BCUT2D eigenvalue weighted by atomic mass is 16.4. The van der Waals surface area contributed by atoms with E-state index in [0.29, 0.717) is 12.6 Å². The number of carboxylic acids is 1. The first kappa shape index (κ1) is 8.12. The van der Waals surface area contributed by atoms with Crippen molar-refractivity contribution >= 4 is 18.5 Å². The maximum Gasteiger partial charge on any atom is 0.356 e. The Morgan fingerprint density at radius 3 is 2.42 bits per heavy atom. The molecule has 2 N–H and O–H groups in total. The number of aromatic carboxylic acids is 1. The Hall–Kier alpha value is -1.98. The van der Waals surface area contributed by atoms with Crippen LogP contribution in [-0.4, -0.2) is 33.6 Å². The van der Waals surface area contributed by atoms with E-state index in [9.17, 15) is 14.4 Å². The number of aldehydes is 2. The van der Waals surface area contributed by atoms with Crippen molar-refractivity contribution in [3.8, 4) is 0 Å². The first-order valence-corrected chi connectivity index (χ1v) is 2.92. The average molecular weight is 168 g/mol. The molecule has 1 aromatic rings. The minimum Gasteiger partial charge on any atom is -0.476 e. The smallest absolute Gasteiger partial charge is 0.356 e. The maximum absolute atomic E-state index is 10.4. The molecule has 0 unspecified atom stereocenters. The number of imidazole rings is 1. The normalized spacial score (nSPS) is 9.33. The number of rotatable bonds is 3. The van der Waals surface area contributed by atoms with Gasteiger partial charge in [-0.15, -0.1) is 0 Å². The van der Waals surface area contributed by atoms with Gasteiger partial charge in [-0.25, -0.2) is 9.78 Å². The van der Waals surface area contributed by atoms with Crippen molar-refractivity contribution in [3.63, 3.8) is 0 Å². The lowest BCUT2D eigenvalue weighted by molar-refractivity contribution is 0.0688. The fraction of sp³-hybridized carbons (Fsp3) is 0. The van der Waals surface area contributed by atoms with Crippen LogP contribution < -0.4 is 0 Å². The van der Waals surface area contributed by atoms with Crippen LogP contribution in [0.3, 0.4) is 0 Å². The van der Waals surface area contributed by atoms with Gasteiger partial charge in [0.15, 0.2) is 24.1 Å². The third-order valence-electron chi connectivity index (χ3n) is 1.18. The van der Waals surface area contributed by atoms with E-state index in [1.54, 1.807) is 0 Å². The maximum atomic E-state index is 10.4. The zero-order valence-corrected chi connectivity index (χ0v) is 5.77. The predicted molar refractivity (Wildman–Crippen MR) is 36.3 cm³/mol. The largest absolute Gasteiger partial charge is 0.476 e. The monoisotopic (exact) mass is 168 g/mol. The number of aromatic amines is 1. The Bertz CT molecular complexity index is 341. The van der Waals surface area contributed by atoms with Crippen LogP contribution in [0.1, 0.15) is 31.6 Å². The number of carboxylic acid groups (broad SMARTS) is 1. The molecule has 6 nitrogen and oxygen atoms in total. The number of carbonyl (C=O) groups excluding carboxylic acids is 2. The molecular weight excluding hydrogens is 164 g/mol. The van der Waals surface area contributed by atoms with E-state index >= 15 is 0 Å². The number of aromatic nitrogens is 2. The molecular formula is C6H4N2O4. The fourth-order valence-electron chi connectivity index (χ4n) is 0.710. The van der Waals surface area contributed by atoms with Crippen molar-refractivity contribution in [2.45, 2.75) is 0 Å². The number of H-pyrrole nitrogens is 1. The summed E-state index contributed by atoms with van der Waals surface area (Å²) in [5.74, 6) is -1.52. The molecule has 0 amide bonds. The number of hydrogen-bond acceptors (Lipinski definition) is 4. The van der Waals surface area contributed by atoms with E-state index in [0.717, 1.165) is 0 Å². The van der Waals surface area contributed by atoms with Gasteiger partial charge in [0.2, 0.25) is 0 Å². The number of hydrogen-bond donors (Lipinski definition) is 2. The van der Waals surface area contributed by atoms with Crippen LogP contribution >= 0.6 is 0 Å². The Kier molecular flexibility index (Phi) is 2.00. The minimum atomic E-state index is -1.35. The minimum absolute atomic E-state index is 0.172. The Labute approximate surface area is 66.2 Å². The summed E-state index contributed by atoms with van der Waals surface area (Å²) in [4.78, 5) is 36.3. The SMILES string of the molecule is O=Cc1nc(C(=O)O)c(C=O)[nH]1. The number of carbonyl (C=O) groups is 3. The highest BCUT2D eigenvalue weighted by molar-refractivity contribution is 5.95. The lowest BCUT2D eigenvalue weighted by Crippen LogP contribution is -2.00. The van der Waals surface area contributed by atoms with Crippen LogP contribution in [-0.2, 0) is 0 Å². The second-order valence-corrected chi connectivity index (χ2v) is 1.93. The van der Waals surface area contributed by atoms with Crippen molar-refractivity contribution in [1.82, 2.24) is 9.97 Å². The first-order valence-electron chi connectivity index (χ1n) is 2.92. The van der Waals surface area contributed by atoms with Gasteiger partial charge in [-0.3, -0.25) is 9.59 Å². The van der Waals surface area contributed by atoms with E-state index in [1.165, 1.54) is 0 Å². The lowest BCUT2D eigenvalue weighted by Gasteiger charge is -1.84. The molecule has 62 valence electrons. The fourth-order valence-corrected chi connectivity index (χ4v) is 0.710. The summed E-state index contributed by atoms with van der Waals surface area (Å²) in [6.45, 7) is 0. The van der Waals surface area contributed by atoms with Gasteiger partial charge in [0, 0.05) is 0 Å². The Balaban J connectivity index is 3.25. The van der Waals surface area contributed by atoms with Gasteiger partial charge in [0.25, 0.3) is 0 Å². The topological polar surface area (TPSA) is 100 Å². The van der Waals surface area contributed by atoms with Gasteiger partial charge >= 0.3 is 5.97 Å². The van der Waals surface area contributed by atoms with Gasteiger partial charge in [-0.2, -0.15) is 0 Å². The lowest BCUT2D eigenvalue weighted by atomic mass is 10.3. The number of nitrogens with zero attached hydrogens (tertiary/aromatic N) is 1. The molecule has 0 aliphatic heterocycles. The molecule has 0 atom stereocenters. The molecule has 0 saturated carbocycles. The van der Waals surface area contributed by atoms with Crippen LogP contribution in [0.2, 0.25) is 0 Å². The second-order valence-electron chi connectivity index (χ2n) is 1.93. The summed E-state index contributed by atoms with van der Waals surface area (Å²) in [7, 11) is 0. The van der Waals surface area contributed by atoms with Crippen molar-refractivity contribution in [3.05, 3.63) is 17.2 Å². The van der Waals surface area contributed by atoms with Gasteiger partial charge in [-0.1, -0.05) is 0 Å². The molecule has 0 spiro atoms. The van der Waals surface area contributed by atoms with E-state index in [2.05, 4.69) is 9.97 Å². The Morgan fingerprint density at radius 1 is 1.42 bits per heavy atom. The van der Waals surface area contributed by atoms with Gasteiger partial charge in [-0.05, 0) is 0 Å². The molecule has 1 aromatic heterocycles. The third-order valence-corrected chi connectivity index (χ3v) is 1.18. The molecule has 6 heteroatoms. The van der Waals surface area contributed by atoms with Crippen LogP contribution in [0, 0.1) is 0 Å². The molecule has 0 fully saturated rings. The van der Waals surface area contributed by atoms with E-state index < -0.39 is 11.7 Å². The van der Waals surface area contributed by atoms with E-state index in [4.69, 9.17) is 5.11 Å². The van der Waals surface area contributed by atoms with Crippen LogP contribution in [0.15, 0.2) is 0 Å². The molecule has 0 bridgehead atoms. The average Bonchev–Trinajstić information content (AvgIpc) is 2.47. The van der Waals surface area contributed by atoms with Crippen molar-refractivity contribution in [2.75, 3.05) is 0 Å². The van der Waals surface area contributed by atoms with Crippen LogP contribution in [0.25, 0.3) is 0 Å². The first-order chi connectivity index (χ1) is 5.69. The van der Waals surface area contributed by atoms with Gasteiger partial charge < -0.3 is 10.1 Å². The molecule has 0 aromatic carbocycles.